The maximum atomic E-state index is 10.9. The average molecular weight is 498 g/mol. The zero-order chi connectivity index (χ0) is 20.6. The Balaban J connectivity index is 0.000000878. The summed E-state index contributed by atoms with van der Waals surface area (Å²) in [5, 5.41) is 10.9. The van der Waals surface area contributed by atoms with Crippen molar-refractivity contribution in [2.45, 2.75) is 57.9 Å². The van der Waals surface area contributed by atoms with Crippen LogP contribution in [0.5, 0.6) is 5.75 Å². The molecule has 0 saturated heterocycles. The molecule has 2 nitrogen and oxygen atoms in total. The molecule has 0 heterocycles. The first-order valence-electron chi connectivity index (χ1n) is 9.79. The Morgan fingerprint density at radius 3 is 2.32 bits per heavy atom. The van der Waals surface area contributed by atoms with E-state index in [4.69, 9.17) is 22.0 Å². The molecule has 2 aromatic rings. The molecule has 0 aromatic heterocycles. The molecule has 28 heavy (non-hydrogen) atoms. The number of aromatic hydroxyl groups is 1. The summed E-state index contributed by atoms with van der Waals surface area (Å²) in [6.45, 7) is 6.60. The van der Waals surface area contributed by atoms with Gasteiger partial charge >= 0.3 is 37.9 Å². The summed E-state index contributed by atoms with van der Waals surface area (Å²) in [6, 6.07) is 16.7. The number of phenols is 1. The van der Waals surface area contributed by atoms with Crippen molar-refractivity contribution in [2.24, 2.45) is 10.9 Å². The molecular weight excluding hydrogens is 468 g/mol. The van der Waals surface area contributed by atoms with Crippen LogP contribution in [-0.2, 0) is 26.3 Å². The van der Waals surface area contributed by atoms with Gasteiger partial charge in [-0.3, -0.25) is 4.99 Å². The molecule has 1 aliphatic rings. The van der Waals surface area contributed by atoms with E-state index in [1.54, 1.807) is 0 Å². The van der Waals surface area contributed by atoms with Gasteiger partial charge in [-0.1, -0.05) is 76.1 Å². The molecule has 0 bridgehead atoms. The average Bonchev–Trinajstić information content (AvgIpc) is 2.69. The standard InChI is InChI=1S/C23H29NO.2ClH.Zr/c1-17-10-7-8-15-21(17)24-16-18-11-9-14-20(22(18)25)23(2,3)19-12-5-4-6-13-19;;;/h4-6,9,11-14,16-17,21,25H,7-8,10,15H2,1-3H3;2*1H;/q;;;+2/p-2. The Kier molecular flexibility index (Phi) is 9.74. The number of rotatable bonds is 4. The quantitative estimate of drug-likeness (QED) is 0.449. The van der Waals surface area contributed by atoms with Gasteiger partial charge in [-0.25, -0.2) is 0 Å². The second kappa shape index (κ2) is 11.5. The monoisotopic (exact) mass is 495 g/mol. The summed E-state index contributed by atoms with van der Waals surface area (Å²) in [4.78, 5) is 4.81. The SMILES string of the molecule is CC1CCCCC1N=Cc1cccc(C(C)(C)c2ccccc2)c1O.[Cl][Zr][Cl]. The van der Waals surface area contributed by atoms with Gasteiger partial charge in [-0.05, 0) is 30.4 Å². The van der Waals surface area contributed by atoms with Gasteiger partial charge in [0.25, 0.3) is 0 Å². The molecule has 150 valence electrons. The fourth-order valence-corrected chi connectivity index (χ4v) is 3.87. The molecule has 5 heteroatoms. The van der Waals surface area contributed by atoms with Crippen LogP contribution in [0.2, 0.25) is 0 Å². The van der Waals surface area contributed by atoms with E-state index in [1.165, 1.54) is 24.8 Å². The van der Waals surface area contributed by atoms with Crippen LogP contribution in [0.15, 0.2) is 53.5 Å². The third-order valence-electron chi connectivity index (χ3n) is 5.71. The summed E-state index contributed by atoms with van der Waals surface area (Å²) < 4.78 is 0. The van der Waals surface area contributed by atoms with E-state index in [-0.39, 0.29) is 5.41 Å². The summed E-state index contributed by atoms with van der Waals surface area (Å²) in [7, 11) is 9.87. The first kappa shape index (κ1) is 23.7. The van der Waals surface area contributed by atoms with Crippen LogP contribution in [0, 0.1) is 5.92 Å². The topological polar surface area (TPSA) is 32.6 Å². The molecule has 1 N–H and O–H groups in total. The number of nitrogens with zero attached hydrogens (tertiary/aromatic N) is 1. The van der Waals surface area contributed by atoms with Crippen LogP contribution in [0.4, 0.5) is 0 Å². The second-order valence-electron chi connectivity index (χ2n) is 7.91. The van der Waals surface area contributed by atoms with Crippen LogP contribution >= 0.6 is 17.0 Å². The molecule has 1 saturated carbocycles. The maximum absolute atomic E-state index is 10.9. The van der Waals surface area contributed by atoms with Crippen molar-refractivity contribution in [1.82, 2.24) is 0 Å². The zero-order valence-corrected chi connectivity index (χ0v) is 20.8. The predicted octanol–water partition coefficient (Wildman–Crippen LogP) is 7.09. The Hall–Kier alpha value is -0.627. The molecule has 2 unspecified atom stereocenters. The molecule has 1 aliphatic carbocycles. The summed E-state index contributed by atoms with van der Waals surface area (Å²) in [5.41, 5.74) is 2.70. The summed E-state index contributed by atoms with van der Waals surface area (Å²) >= 11 is -0.826. The van der Waals surface area contributed by atoms with Crippen molar-refractivity contribution in [2.75, 3.05) is 0 Å². The molecule has 0 radical (unpaired) electrons. The number of benzene rings is 2. The summed E-state index contributed by atoms with van der Waals surface area (Å²) in [6.07, 6.45) is 6.88. The van der Waals surface area contributed by atoms with E-state index in [2.05, 4.69) is 32.9 Å². The molecule has 2 atom stereocenters. The molecule has 0 amide bonds. The number of phenolic OH excluding ortho intramolecular Hbond substituents is 1. The van der Waals surface area contributed by atoms with Gasteiger partial charge in [0.15, 0.2) is 0 Å². The number of hydrogen-bond acceptors (Lipinski definition) is 2. The van der Waals surface area contributed by atoms with Gasteiger partial charge in [-0.2, -0.15) is 0 Å². The van der Waals surface area contributed by atoms with Gasteiger partial charge in [0.05, 0.1) is 6.04 Å². The fourth-order valence-electron chi connectivity index (χ4n) is 3.87. The van der Waals surface area contributed by atoms with Gasteiger partial charge in [0.1, 0.15) is 5.75 Å². The zero-order valence-electron chi connectivity index (χ0n) is 16.8. The van der Waals surface area contributed by atoms with Crippen molar-refractivity contribution in [3.8, 4) is 5.75 Å². The van der Waals surface area contributed by atoms with Crippen LogP contribution in [0.25, 0.3) is 0 Å². The van der Waals surface area contributed by atoms with Crippen LogP contribution in [0.1, 0.15) is 63.1 Å². The number of hydrogen-bond donors (Lipinski definition) is 1. The van der Waals surface area contributed by atoms with E-state index in [1.807, 2.05) is 42.6 Å². The fraction of sp³-hybridized carbons (Fsp3) is 0.435. The van der Waals surface area contributed by atoms with E-state index < -0.39 is 20.8 Å². The summed E-state index contributed by atoms with van der Waals surface area (Å²) in [5.74, 6) is 0.986. The third kappa shape index (κ3) is 6.18. The first-order valence-corrected chi connectivity index (χ1v) is 16.1. The normalized spacial score (nSPS) is 19.8. The van der Waals surface area contributed by atoms with E-state index in [0.717, 1.165) is 17.5 Å². The van der Waals surface area contributed by atoms with Gasteiger partial charge in [0, 0.05) is 22.8 Å². The van der Waals surface area contributed by atoms with Crippen molar-refractivity contribution < 1.29 is 26.0 Å². The Morgan fingerprint density at radius 2 is 1.68 bits per heavy atom. The van der Waals surface area contributed by atoms with Crippen LogP contribution in [-0.4, -0.2) is 17.4 Å². The molecule has 1 fully saturated rings. The van der Waals surface area contributed by atoms with Crippen molar-refractivity contribution in [3.05, 3.63) is 65.2 Å². The van der Waals surface area contributed by atoms with E-state index in [0.29, 0.717) is 17.7 Å². The third-order valence-corrected chi connectivity index (χ3v) is 5.71. The Bertz CT molecular complexity index is 764. The van der Waals surface area contributed by atoms with Gasteiger partial charge in [-0.15, -0.1) is 0 Å². The van der Waals surface area contributed by atoms with Crippen molar-refractivity contribution in [1.29, 1.82) is 0 Å². The van der Waals surface area contributed by atoms with Crippen molar-refractivity contribution in [3.63, 3.8) is 0 Å². The molecule has 2 aromatic carbocycles. The van der Waals surface area contributed by atoms with Gasteiger partial charge < -0.3 is 5.11 Å². The molecular formula is C23H29Cl2NOZr. The van der Waals surface area contributed by atoms with E-state index in [9.17, 15) is 5.11 Å². The minimum atomic E-state index is -0.826. The minimum absolute atomic E-state index is 0.257. The van der Waals surface area contributed by atoms with E-state index >= 15 is 0 Å². The second-order valence-corrected chi connectivity index (χ2v) is 11.6. The molecule has 3 rings (SSSR count). The first-order chi connectivity index (χ1) is 13.4. The number of aliphatic imine (C=N–C) groups is 1. The van der Waals surface area contributed by atoms with Crippen molar-refractivity contribution >= 4 is 23.2 Å². The van der Waals surface area contributed by atoms with Crippen LogP contribution in [0.3, 0.4) is 0 Å². The van der Waals surface area contributed by atoms with Crippen LogP contribution < -0.4 is 0 Å². The predicted molar refractivity (Wildman–Crippen MR) is 117 cm³/mol. The molecule has 0 spiro atoms. The Morgan fingerprint density at radius 1 is 1.04 bits per heavy atom. The van der Waals surface area contributed by atoms with Gasteiger partial charge in [0.2, 0.25) is 0 Å². The number of halogens is 2. The number of para-hydroxylation sites is 1. The Labute approximate surface area is 188 Å². The molecule has 0 aliphatic heterocycles.